The summed E-state index contributed by atoms with van der Waals surface area (Å²) < 4.78 is 18.1. The largest absolute Gasteiger partial charge is 0.497 e. The maximum atomic E-state index is 12.1. The van der Waals surface area contributed by atoms with Gasteiger partial charge in [0.25, 0.3) is 0 Å². The molecule has 7 heteroatoms. The average Bonchev–Trinajstić information content (AvgIpc) is 3.06. The summed E-state index contributed by atoms with van der Waals surface area (Å²) >= 11 is 0. The van der Waals surface area contributed by atoms with Crippen molar-refractivity contribution >= 4 is 5.97 Å². The van der Waals surface area contributed by atoms with Gasteiger partial charge < -0.3 is 29.2 Å². The minimum absolute atomic E-state index is 0.363. The molecule has 0 saturated heterocycles. The van der Waals surface area contributed by atoms with E-state index in [1.165, 1.54) is 0 Å². The van der Waals surface area contributed by atoms with Crippen LogP contribution in [0.15, 0.2) is 42.5 Å². The van der Waals surface area contributed by atoms with Crippen LogP contribution in [0.2, 0.25) is 0 Å². The summed E-state index contributed by atoms with van der Waals surface area (Å²) in [6, 6.07) is 13.5. The molecule has 1 heterocycles. The summed E-state index contributed by atoms with van der Waals surface area (Å²) in [5, 5.41) is 13.3. The highest BCUT2D eigenvalue weighted by Gasteiger charge is 2.22. The molecule has 0 amide bonds. The molecule has 3 rings (SSSR count). The number of hydrogen-bond donors (Lipinski definition) is 2. The smallest absolute Gasteiger partial charge is 0.337 e. The maximum absolute atomic E-state index is 12.1. The van der Waals surface area contributed by atoms with E-state index in [2.05, 4.69) is 9.88 Å². The van der Waals surface area contributed by atoms with Crippen molar-refractivity contribution in [2.24, 2.45) is 0 Å². The number of ether oxygens (including phenoxy) is 3. The Bertz CT molecular complexity index is 1120. The van der Waals surface area contributed by atoms with Crippen LogP contribution in [0, 0.1) is 13.8 Å². The lowest BCUT2D eigenvalue weighted by molar-refractivity contribution is 0.0694. The van der Waals surface area contributed by atoms with Gasteiger partial charge in [-0.15, -0.1) is 0 Å². The Kier molecular flexibility index (Phi) is 8.01. The second-order valence-corrected chi connectivity index (χ2v) is 7.87. The fraction of sp³-hybridized carbons (Fsp3) is 0.346. The van der Waals surface area contributed by atoms with Crippen molar-refractivity contribution in [2.45, 2.75) is 33.4 Å². The zero-order chi connectivity index (χ0) is 24.0. The highest BCUT2D eigenvalue weighted by atomic mass is 16.5. The number of aromatic carboxylic acids is 1. The Morgan fingerprint density at radius 2 is 1.70 bits per heavy atom. The predicted octanol–water partition coefficient (Wildman–Crippen LogP) is 4.21. The number of methoxy groups -OCH3 is 3. The number of nitrogens with one attached hydrogen (secondary N) is 1. The Morgan fingerprint density at radius 3 is 2.36 bits per heavy atom. The van der Waals surface area contributed by atoms with Crippen molar-refractivity contribution in [2.75, 3.05) is 27.9 Å². The molecular formula is C26H32N2O5. The highest BCUT2D eigenvalue weighted by molar-refractivity contribution is 5.91. The topological polar surface area (TPSA) is 82.0 Å². The normalized spacial score (nSPS) is 10.8. The van der Waals surface area contributed by atoms with Crippen molar-refractivity contribution < 1.29 is 24.1 Å². The number of nitrogens with zero attached hydrogens (tertiary/aromatic N) is 1. The molecule has 33 heavy (non-hydrogen) atoms. The quantitative estimate of drug-likeness (QED) is 0.424. The van der Waals surface area contributed by atoms with E-state index in [0.29, 0.717) is 25.2 Å². The third-order valence-corrected chi connectivity index (χ3v) is 5.96. The molecule has 2 aromatic carbocycles. The van der Waals surface area contributed by atoms with Crippen LogP contribution in [0.5, 0.6) is 17.2 Å². The molecule has 0 aliphatic heterocycles. The van der Waals surface area contributed by atoms with E-state index in [9.17, 15) is 9.90 Å². The summed E-state index contributed by atoms with van der Waals surface area (Å²) in [7, 11) is 4.92. The van der Waals surface area contributed by atoms with Crippen LogP contribution >= 0.6 is 0 Å². The molecule has 0 fully saturated rings. The molecule has 0 bridgehead atoms. The van der Waals surface area contributed by atoms with Gasteiger partial charge in [-0.3, -0.25) is 0 Å². The Balaban J connectivity index is 1.76. The lowest BCUT2D eigenvalue weighted by Gasteiger charge is -2.12. The van der Waals surface area contributed by atoms with Gasteiger partial charge >= 0.3 is 5.97 Å². The van der Waals surface area contributed by atoms with Gasteiger partial charge in [0.05, 0.1) is 26.9 Å². The lowest BCUT2D eigenvalue weighted by Crippen LogP contribution is -2.19. The summed E-state index contributed by atoms with van der Waals surface area (Å²) in [4.78, 5) is 12.1. The summed E-state index contributed by atoms with van der Waals surface area (Å²) in [5.41, 5.74) is 4.94. The standard InChI is InChI=1S/C26H32N2O5/c1-17-23(15-27-12-11-20-14-22(32-4)9-10-24(20)33-5)25(26(29)30)18(2)28(17)16-19-7-6-8-21(13-19)31-3/h6-10,13-14,27H,11-12,15-16H2,1-5H3,(H,29,30). The summed E-state index contributed by atoms with van der Waals surface area (Å²) in [6.45, 7) is 5.55. The van der Waals surface area contributed by atoms with Crippen molar-refractivity contribution in [1.29, 1.82) is 0 Å². The molecule has 176 valence electrons. The van der Waals surface area contributed by atoms with Gasteiger partial charge in [0.15, 0.2) is 0 Å². The first-order valence-corrected chi connectivity index (χ1v) is 10.9. The molecule has 0 aliphatic rings. The van der Waals surface area contributed by atoms with Crippen molar-refractivity contribution in [1.82, 2.24) is 9.88 Å². The lowest BCUT2D eigenvalue weighted by atomic mass is 10.1. The monoisotopic (exact) mass is 452 g/mol. The predicted molar refractivity (Wildman–Crippen MR) is 128 cm³/mol. The number of benzene rings is 2. The first-order valence-electron chi connectivity index (χ1n) is 10.9. The molecule has 0 spiro atoms. The highest BCUT2D eigenvalue weighted by Crippen LogP contribution is 2.26. The minimum Gasteiger partial charge on any atom is -0.497 e. The molecule has 0 atom stereocenters. The van der Waals surface area contributed by atoms with Crippen LogP contribution in [0.3, 0.4) is 0 Å². The number of aromatic nitrogens is 1. The second-order valence-electron chi connectivity index (χ2n) is 7.87. The van der Waals surface area contributed by atoms with E-state index < -0.39 is 5.97 Å². The molecule has 7 nitrogen and oxygen atoms in total. The van der Waals surface area contributed by atoms with E-state index in [-0.39, 0.29) is 0 Å². The molecule has 0 saturated carbocycles. The molecule has 0 radical (unpaired) electrons. The second kappa shape index (κ2) is 10.9. The zero-order valence-electron chi connectivity index (χ0n) is 19.9. The maximum Gasteiger partial charge on any atom is 0.337 e. The Hall–Kier alpha value is -3.45. The number of carbonyl (C=O) groups is 1. The first kappa shape index (κ1) is 24.2. The molecule has 1 aromatic heterocycles. The molecule has 3 aromatic rings. The van der Waals surface area contributed by atoms with E-state index in [0.717, 1.165) is 51.7 Å². The number of carboxylic acids is 1. The van der Waals surface area contributed by atoms with Crippen LogP contribution in [0.1, 0.15) is 38.4 Å². The van der Waals surface area contributed by atoms with Crippen LogP contribution in [-0.4, -0.2) is 43.5 Å². The van der Waals surface area contributed by atoms with E-state index in [1.54, 1.807) is 21.3 Å². The average molecular weight is 453 g/mol. The number of hydrogen-bond acceptors (Lipinski definition) is 5. The van der Waals surface area contributed by atoms with Crippen LogP contribution in [0.4, 0.5) is 0 Å². The van der Waals surface area contributed by atoms with Gasteiger partial charge in [0.2, 0.25) is 0 Å². The van der Waals surface area contributed by atoms with Gasteiger partial charge in [-0.1, -0.05) is 12.1 Å². The van der Waals surface area contributed by atoms with E-state index in [1.807, 2.05) is 56.3 Å². The zero-order valence-corrected chi connectivity index (χ0v) is 19.9. The SMILES string of the molecule is COc1cccc(Cn2c(C)c(CNCCc3cc(OC)ccc3OC)c(C(=O)O)c2C)c1. The van der Waals surface area contributed by atoms with Crippen LogP contribution in [0.25, 0.3) is 0 Å². The Labute approximate surface area is 194 Å². The van der Waals surface area contributed by atoms with Crippen molar-refractivity contribution in [3.63, 3.8) is 0 Å². The van der Waals surface area contributed by atoms with Gasteiger partial charge in [0.1, 0.15) is 17.2 Å². The number of carboxylic acid groups (broad SMARTS) is 1. The van der Waals surface area contributed by atoms with Crippen LogP contribution < -0.4 is 19.5 Å². The third kappa shape index (κ3) is 5.49. The van der Waals surface area contributed by atoms with Gasteiger partial charge in [0, 0.05) is 30.0 Å². The summed E-state index contributed by atoms with van der Waals surface area (Å²) in [6.07, 6.45) is 0.728. The molecular weight excluding hydrogens is 420 g/mol. The van der Waals surface area contributed by atoms with Crippen molar-refractivity contribution in [3.05, 3.63) is 76.1 Å². The number of rotatable bonds is 11. The van der Waals surface area contributed by atoms with Gasteiger partial charge in [-0.05, 0) is 68.3 Å². The fourth-order valence-corrected chi connectivity index (χ4v) is 4.15. The van der Waals surface area contributed by atoms with Crippen LogP contribution in [-0.2, 0) is 19.5 Å². The first-order chi connectivity index (χ1) is 15.9. The third-order valence-electron chi connectivity index (χ3n) is 5.96. The molecule has 2 N–H and O–H groups in total. The fourth-order valence-electron chi connectivity index (χ4n) is 4.15. The Morgan fingerprint density at radius 1 is 0.970 bits per heavy atom. The van der Waals surface area contributed by atoms with Gasteiger partial charge in [-0.2, -0.15) is 0 Å². The van der Waals surface area contributed by atoms with E-state index in [4.69, 9.17) is 14.2 Å². The minimum atomic E-state index is -0.911. The summed E-state index contributed by atoms with van der Waals surface area (Å²) in [5.74, 6) is 1.45. The molecule has 0 aliphatic carbocycles. The molecule has 0 unspecified atom stereocenters. The van der Waals surface area contributed by atoms with Crippen molar-refractivity contribution in [3.8, 4) is 17.2 Å². The van der Waals surface area contributed by atoms with E-state index >= 15 is 0 Å². The van der Waals surface area contributed by atoms with Gasteiger partial charge in [-0.25, -0.2) is 4.79 Å².